The molecule has 0 aliphatic heterocycles. The van der Waals surface area contributed by atoms with Crippen molar-refractivity contribution in [3.05, 3.63) is 78.1 Å². The van der Waals surface area contributed by atoms with Crippen LogP contribution in [0.25, 0.3) is 11.4 Å². The highest BCUT2D eigenvalue weighted by molar-refractivity contribution is 5.55. The van der Waals surface area contributed by atoms with Gasteiger partial charge in [0.15, 0.2) is 5.82 Å². The summed E-state index contributed by atoms with van der Waals surface area (Å²) >= 11 is 0. The van der Waals surface area contributed by atoms with E-state index in [1.54, 1.807) is 0 Å². The number of ether oxygens (including phenoxy) is 1. The van der Waals surface area contributed by atoms with Crippen LogP contribution < -0.4 is 4.74 Å². The van der Waals surface area contributed by atoms with Gasteiger partial charge in [-0.1, -0.05) is 81.7 Å². The van der Waals surface area contributed by atoms with Crippen LogP contribution in [0.2, 0.25) is 0 Å². The lowest BCUT2D eigenvalue weighted by Crippen LogP contribution is -2.06. The second-order valence-electron chi connectivity index (χ2n) is 9.83. The minimum atomic E-state index is 0.780. The molecule has 1 heterocycles. The Morgan fingerprint density at radius 1 is 0.676 bits per heavy atom. The number of aryl methyl sites for hydroxylation is 2. The molecule has 2 aromatic carbocycles. The molecule has 0 amide bonds. The third-order valence-electron chi connectivity index (χ3n) is 7.09. The molecular formula is C31H40N2O. The van der Waals surface area contributed by atoms with Crippen molar-refractivity contribution >= 4 is 0 Å². The molecule has 34 heavy (non-hydrogen) atoms. The van der Waals surface area contributed by atoms with E-state index >= 15 is 0 Å². The summed E-state index contributed by atoms with van der Waals surface area (Å²) in [5.41, 5.74) is 3.66. The van der Waals surface area contributed by atoms with E-state index in [4.69, 9.17) is 4.74 Å². The maximum Gasteiger partial charge on any atom is 0.159 e. The molecule has 0 radical (unpaired) electrons. The molecule has 1 aliphatic carbocycles. The van der Waals surface area contributed by atoms with Gasteiger partial charge in [0.25, 0.3) is 0 Å². The fourth-order valence-corrected chi connectivity index (χ4v) is 5.01. The summed E-state index contributed by atoms with van der Waals surface area (Å²) in [6.07, 6.45) is 20.9. The lowest BCUT2D eigenvalue weighted by atomic mass is 9.86. The Morgan fingerprint density at radius 3 is 2.12 bits per heavy atom. The molecule has 0 atom stereocenters. The number of benzene rings is 2. The first-order chi connectivity index (χ1) is 16.9. The van der Waals surface area contributed by atoms with Crippen LogP contribution in [0, 0.1) is 5.92 Å². The number of hydrogen-bond acceptors (Lipinski definition) is 3. The fraction of sp³-hybridized carbons (Fsp3) is 0.484. The Bertz CT molecular complexity index is 931. The van der Waals surface area contributed by atoms with Gasteiger partial charge in [0.1, 0.15) is 5.75 Å². The summed E-state index contributed by atoms with van der Waals surface area (Å²) in [4.78, 5) is 9.20. The van der Waals surface area contributed by atoms with Crippen LogP contribution in [0.5, 0.6) is 5.75 Å². The van der Waals surface area contributed by atoms with Gasteiger partial charge in [-0.2, -0.15) is 0 Å². The minimum absolute atomic E-state index is 0.780. The van der Waals surface area contributed by atoms with Crippen LogP contribution in [0.4, 0.5) is 0 Å². The molecular weight excluding hydrogens is 416 g/mol. The van der Waals surface area contributed by atoms with Crippen molar-refractivity contribution in [1.82, 2.24) is 9.97 Å². The van der Waals surface area contributed by atoms with Crippen LogP contribution >= 0.6 is 0 Å². The summed E-state index contributed by atoms with van der Waals surface area (Å²) in [6.45, 7) is 0.805. The summed E-state index contributed by atoms with van der Waals surface area (Å²) in [6, 6.07) is 18.9. The van der Waals surface area contributed by atoms with E-state index in [2.05, 4.69) is 52.4 Å². The predicted octanol–water partition coefficient (Wildman–Crippen LogP) is 8.23. The van der Waals surface area contributed by atoms with Crippen molar-refractivity contribution in [1.29, 1.82) is 0 Å². The van der Waals surface area contributed by atoms with Crippen molar-refractivity contribution < 1.29 is 4.74 Å². The van der Waals surface area contributed by atoms with Gasteiger partial charge in [0.05, 0.1) is 6.61 Å². The van der Waals surface area contributed by atoms with Crippen LogP contribution in [0.3, 0.4) is 0 Å². The summed E-state index contributed by atoms with van der Waals surface area (Å²) < 4.78 is 5.95. The molecule has 0 spiro atoms. The maximum atomic E-state index is 5.95. The minimum Gasteiger partial charge on any atom is -0.494 e. The average molecular weight is 457 g/mol. The van der Waals surface area contributed by atoms with E-state index in [-0.39, 0.29) is 0 Å². The zero-order valence-corrected chi connectivity index (χ0v) is 20.6. The average Bonchev–Trinajstić information content (AvgIpc) is 2.91. The SMILES string of the molecule is c1ccc(CCCCc2cnc(-c3ccc(OCCCCCC4CCCCC4)cc3)nc2)cc1. The summed E-state index contributed by atoms with van der Waals surface area (Å²) in [7, 11) is 0. The quantitative estimate of drug-likeness (QED) is 0.243. The van der Waals surface area contributed by atoms with Crippen molar-refractivity contribution in [3.8, 4) is 17.1 Å². The van der Waals surface area contributed by atoms with Crippen molar-refractivity contribution in [2.24, 2.45) is 5.92 Å². The number of nitrogens with zero attached hydrogens (tertiary/aromatic N) is 2. The second-order valence-corrected chi connectivity index (χ2v) is 9.83. The van der Waals surface area contributed by atoms with Crippen LogP contribution in [0.15, 0.2) is 67.0 Å². The lowest BCUT2D eigenvalue weighted by molar-refractivity contribution is 0.293. The summed E-state index contributed by atoms with van der Waals surface area (Å²) in [5, 5.41) is 0. The highest BCUT2D eigenvalue weighted by Gasteiger charge is 2.12. The molecule has 1 saturated carbocycles. The van der Waals surface area contributed by atoms with Crippen LogP contribution in [-0.2, 0) is 12.8 Å². The molecule has 0 N–H and O–H groups in total. The number of unbranched alkanes of at least 4 members (excludes halogenated alkanes) is 3. The highest BCUT2D eigenvalue weighted by atomic mass is 16.5. The third-order valence-corrected chi connectivity index (χ3v) is 7.09. The fourth-order valence-electron chi connectivity index (χ4n) is 5.01. The first-order valence-corrected chi connectivity index (χ1v) is 13.4. The van der Waals surface area contributed by atoms with Crippen molar-refractivity contribution in [2.75, 3.05) is 6.61 Å². The number of hydrogen-bond donors (Lipinski definition) is 0. The van der Waals surface area contributed by atoms with Gasteiger partial charge < -0.3 is 4.74 Å². The normalized spacial score (nSPS) is 14.2. The van der Waals surface area contributed by atoms with E-state index in [1.165, 1.54) is 68.9 Å². The van der Waals surface area contributed by atoms with Gasteiger partial charge in [-0.3, -0.25) is 0 Å². The van der Waals surface area contributed by atoms with E-state index < -0.39 is 0 Å². The maximum absolute atomic E-state index is 5.95. The monoisotopic (exact) mass is 456 g/mol. The molecule has 3 heteroatoms. The van der Waals surface area contributed by atoms with Crippen LogP contribution in [0.1, 0.15) is 81.8 Å². The Balaban J connectivity index is 1.12. The van der Waals surface area contributed by atoms with Crippen LogP contribution in [-0.4, -0.2) is 16.6 Å². The third kappa shape index (κ3) is 8.27. The van der Waals surface area contributed by atoms with Gasteiger partial charge in [-0.15, -0.1) is 0 Å². The molecule has 1 aliphatic rings. The first kappa shape index (κ1) is 24.4. The molecule has 3 nitrogen and oxygen atoms in total. The van der Waals surface area contributed by atoms with E-state index in [9.17, 15) is 0 Å². The topological polar surface area (TPSA) is 35.0 Å². The Kier molecular flexibility index (Phi) is 9.99. The Morgan fingerprint density at radius 2 is 1.38 bits per heavy atom. The van der Waals surface area contributed by atoms with Gasteiger partial charge in [0.2, 0.25) is 0 Å². The Hall–Kier alpha value is -2.68. The lowest BCUT2D eigenvalue weighted by Gasteiger charge is -2.21. The van der Waals surface area contributed by atoms with Crippen molar-refractivity contribution in [3.63, 3.8) is 0 Å². The smallest absolute Gasteiger partial charge is 0.159 e. The molecule has 4 rings (SSSR count). The molecule has 0 unspecified atom stereocenters. The van der Waals surface area contributed by atoms with Crippen molar-refractivity contribution in [2.45, 2.75) is 83.5 Å². The summed E-state index contributed by atoms with van der Waals surface area (Å²) in [5.74, 6) is 2.71. The zero-order chi connectivity index (χ0) is 23.3. The number of rotatable bonds is 13. The standard InChI is InChI=1S/C31H40N2O/c1-4-12-26(13-5-1)16-8-3-11-23-34-30-21-19-29(20-22-30)31-32-24-28(25-33-31)18-10-9-17-27-14-6-2-7-15-27/h2,6-7,14-15,19-22,24-26H,1,3-5,8-13,16-18,23H2. The van der Waals surface area contributed by atoms with Gasteiger partial charge in [-0.05, 0) is 73.4 Å². The highest BCUT2D eigenvalue weighted by Crippen LogP contribution is 2.28. The van der Waals surface area contributed by atoms with Gasteiger partial charge >= 0.3 is 0 Å². The largest absolute Gasteiger partial charge is 0.494 e. The predicted molar refractivity (Wildman–Crippen MR) is 141 cm³/mol. The Labute approximate surface area is 206 Å². The second kappa shape index (κ2) is 13.9. The van der Waals surface area contributed by atoms with Gasteiger partial charge in [0, 0.05) is 18.0 Å². The van der Waals surface area contributed by atoms with E-state index in [1.807, 2.05) is 24.5 Å². The van der Waals surface area contributed by atoms with E-state index in [0.717, 1.165) is 55.3 Å². The molecule has 0 bridgehead atoms. The molecule has 1 fully saturated rings. The first-order valence-electron chi connectivity index (χ1n) is 13.4. The molecule has 180 valence electrons. The molecule has 3 aromatic rings. The molecule has 1 aromatic heterocycles. The van der Waals surface area contributed by atoms with Gasteiger partial charge in [-0.25, -0.2) is 9.97 Å². The molecule has 0 saturated heterocycles. The van der Waals surface area contributed by atoms with E-state index in [0.29, 0.717) is 0 Å². The number of aromatic nitrogens is 2. The zero-order valence-electron chi connectivity index (χ0n) is 20.6.